The molecule has 0 amide bonds. The minimum absolute atomic E-state index is 0.979. The van der Waals surface area contributed by atoms with Crippen LogP contribution in [0.15, 0.2) is 146 Å². The largest absolute Gasteiger partial charge is 0.355 e. The van der Waals surface area contributed by atoms with Crippen molar-refractivity contribution < 1.29 is 0 Å². The Kier molecular flexibility index (Phi) is 7.71. The summed E-state index contributed by atoms with van der Waals surface area (Å²) >= 11 is 0. The molecule has 0 saturated carbocycles. The lowest BCUT2D eigenvalue weighted by molar-refractivity contribution is 1.10. The first-order valence-corrected chi connectivity index (χ1v) is 15.5. The second-order valence-electron chi connectivity index (χ2n) is 11.8. The Morgan fingerprint density at radius 1 is 0.356 bits per heavy atom. The van der Waals surface area contributed by atoms with Crippen LogP contribution in [0.2, 0.25) is 0 Å². The second kappa shape index (κ2) is 12.3. The van der Waals surface area contributed by atoms with Crippen LogP contribution in [0.3, 0.4) is 0 Å². The topological polar surface area (TPSA) is 21.8 Å². The molecule has 222 valence electrons. The zero-order valence-electron chi connectivity index (χ0n) is 26.1. The summed E-state index contributed by atoms with van der Waals surface area (Å²) in [5.41, 5.74) is 15.0. The van der Waals surface area contributed by atoms with E-state index in [-0.39, 0.29) is 0 Å². The number of nitrogens with zero attached hydrogens (tertiary/aromatic N) is 3. The third-order valence-corrected chi connectivity index (χ3v) is 9.00. The van der Waals surface area contributed by atoms with E-state index in [0.717, 1.165) is 12.8 Å². The van der Waals surface area contributed by atoms with Crippen molar-refractivity contribution in [3.63, 3.8) is 0 Å². The second-order valence-corrected chi connectivity index (χ2v) is 11.8. The van der Waals surface area contributed by atoms with Crippen molar-refractivity contribution in [1.29, 1.82) is 0 Å². The molecule has 2 heterocycles. The first kappa shape index (κ1) is 28.3. The van der Waals surface area contributed by atoms with Crippen molar-refractivity contribution in [2.75, 3.05) is 41.2 Å². The molecule has 0 unspecified atom stereocenters. The van der Waals surface area contributed by atoms with Gasteiger partial charge in [0.1, 0.15) is 0 Å². The Hall–Kier alpha value is -5.48. The van der Waals surface area contributed by atoms with Crippen LogP contribution in [0, 0.1) is 0 Å². The summed E-state index contributed by atoms with van der Waals surface area (Å²) in [6, 6.07) is 51.9. The lowest BCUT2D eigenvalue weighted by Gasteiger charge is -2.28. The van der Waals surface area contributed by atoms with E-state index < -0.39 is 0 Å². The Labute approximate surface area is 266 Å². The number of rotatable bonds is 0. The third-order valence-electron chi connectivity index (χ3n) is 9.00. The summed E-state index contributed by atoms with van der Waals surface area (Å²) in [6.45, 7) is 0. The Bertz CT molecular complexity index is 1620. The maximum absolute atomic E-state index is 3.62. The molecule has 0 saturated heterocycles. The first-order chi connectivity index (χ1) is 22.0. The van der Waals surface area contributed by atoms with Gasteiger partial charge in [0.05, 0.1) is 0 Å². The molecule has 45 heavy (non-hydrogen) atoms. The van der Waals surface area contributed by atoms with Crippen LogP contribution in [-0.2, 0) is 12.8 Å². The zero-order valence-corrected chi connectivity index (χ0v) is 26.1. The van der Waals surface area contributed by atoms with E-state index in [1.54, 1.807) is 0 Å². The van der Waals surface area contributed by atoms with Crippen LogP contribution in [0.1, 0.15) is 22.3 Å². The standard InChI is InChI=1S/C21H21N3.C20H17N/c1-22-16-7-4-9-18(13-16)23(2)20-11-6-12-21(15-20)24(3)19-10-5-8-17(22)14-19;1-2-8-16-14-18-10-4-6-12-20(18)21-19-11-5-3-9-17(19)13-15(16)7-1/h4-15H,1-3H3;1-12,21H,13-14H2. The summed E-state index contributed by atoms with van der Waals surface area (Å²) in [7, 11) is 6.34. The van der Waals surface area contributed by atoms with E-state index in [2.05, 4.69) is 187 Å². The molecule has 6 aromatic rings. The van der Waals surface area contributed by atoms with Crippen LogP contribution < -0.4 is 20.0 Å². The number of anilines is 8. The minimum atomic E-state index is 0.979. The van der Waals surface area contributed by atoms with E-state index in [1.807, 2.05) is 0 Å². The molecule has 0 fully saturated rings. The van der Waals surface area contributed by atoms with Gasteiger partial charge < -0.3 is 20.0 Å². The molecule has 0 spiro atoms. The first-order valence-electron chi connectivity index (χ1n) is 15.5. The number of benzene rings is 6. The molecule has 2 aliphatic rings. The van der Waals surface area contributed by atoms with Crippen LogP contribution in [0.25, 0.3) is 0 Å². The third kappa shape index (κ3) is 5.87. The number of fused-ring (bicyclic) bond motifs is 9. The smallest absolute Gasteiger partial charge is 0.0429 e. The van der Waals surface area contributed by atoms with Gasteiger partial charge in [-0.15, -0.1) is 0 Å². The Morgan fingerprint density at radius 2 is 0.644 bits per heavy atom. The van der Waals surface area contributed by atoms with E-state index in [4.69, 9.17) is 0 Å². The zero-order chi connectivity index (χ0) is 30.8. The molecule has 8 rings (SSSR count). The van der Waals surface area contributed by atoms with E-state index in [9.17, 15) is 0 Å². The van der Waals surface area contributed by atoms with Crippen LogP contribution in [0.5, 0.6) is 0 Å². The quantitative estimate of drug-likeness (QED) is 0.191. The van der Waals surface area contributed by atoms with Crippen molar-refractivity contribution in [1.82, 2.24) is 0 Å². The van der Waals surface area contributed by atoms with Crippen molar-refractivity contribution in [2.24, 2.45) is 0 Å². The maximum atomic E-state index is 3.62. The van der Waals surface area contributed by atoms with Crippen LogP contribution in [0.4, 0.5) is 45.5 Å². The van der Waals surface area contributed by atoms with Gasteiger partial charge in [0.25, 0.3) is 0 Å². The van der Waals surface area contributed by atoms with E-state index >= 15 is 0 Å². The van der Waals surface area contributed by atoms with Gasteiger partial charge in [0.15, 0.2) is 0 Å². The van der Waals surface area contributed by atoms with Gasteiger partial charge in [-0.25, -0.2) is 0 Å². The molecule has 0 aliphatic carbocycles. The van der Waals surface area contributed by atoms with Gasteiger partial charge in [-0.1, -0.05) is 78.9 Å². The van der Waals surface area contributed by atoms with Gasteiger partial charge in [-0.05, 0) is 102 Å². The molecule has 0 radical (unpaired) electrons. The fourth-order valence-electron chi connectivity index (χ4n) is 6.23. The summed E-state index contributed by atoms with van der Waals surface area (Å²) in [5.74, 6) is 0. The molecule has 6 aromatic carbocycles. The highest BCUT2D eigenvalue weighted by Gasteiger charge is 2.15. The molecule has 6 bridgehead atoms. The fraction of sp³-hybridized carbons (Fsp3) is 0.122. The fourth-order valence-corrected chi connectivity index (χ4v) is 6.23. The van der Waals surface area contributed by atoms with Crippen molar-refractivity contribution >= 4 is 45.5 Å². The summed E-state index contributed by atoms with van der Waals surface area (Å²) in [5, 5.41) is 3.62. The number of para-hydroxylation sites is 2. The summed E-state index contributed by atoms with van der Waals surface area (Å²) < 4.78 is 0. The SMILES string of the molecule is CN1c2cccc(c2)N(C)c2cccc(c2)N(C)c2cccc1c2.c1ccc2c(c1)Cc1ccccc1Nc1ccccc1C2. The molecule has 0 atom stereocenters. The highest BCUT2D eigenvalue weighted by molar-refractivity contribution is 5.77. The van der Waals surface area contributed by atoms with Crippen molar-refractivity contribution in [3.05, 3.63) is 168 Å². The molecule has 2 aliphatic heterocycles. The van der Waals surface area contributed by atoms with Crippen molar-refractivity contribution in [3.8, 4) is 0 Å². The highest BCUT2D eigenvalue weighted by atomic mass is 15.2. The Balaban J connectivity index is 0.000000146. The average Bonchev–Trinajstić information content (AvgIpc) is 3.16. The van der Waals surface area contributed by atoms with Crippen LogP contribution in [-0.4, -0.2) is 21.1 Å². The maximum Gasteiger partial charge on any atom is 0.0429 e. The van der Waals surface area contributed by atoms with Gasteiger partial charge in [0.2, 0.25) is 0 Å². The molecule has 4 heteroatoms. The summed E-state index contributed by atoms with van der Waals surface area (Å²) in [4.78, 5) is 6.68. The summed E-state index contributed by atoms with van der Waals surface area (Å²) in [6.07, 6.45) is 1.96. The predicted molar refractivity (Wildman–Crippen MR) is 192 cm³/mol. The molecule has 0 aromatic heterocycles. The van der Waals surface area contributed by atoms with Gasteiger partial charge >= 0.3 is 0 Å². The van der Waals surface area contributed by atoms with E-state index in [1.165, 1.54) is 67.8 Å². The van der Waals surface area contributed by atoms with Gasteiger partial charge in [-0.2, -0.15) is 0 Å². The molecule has 4 nitrogen and oxygen atoms in total. The number of hydrogen-bond acceptors (Lipinski definition) is 4. The normalized spacial score (nSPS) is 13.1. The minimum Gasteiger partial charge on any atom is -0.355 e. The average molecular weight is 587 g/mol. The predicted octanol–water partition coefficient (Wildman–Crippen LogP) is 10.2. The van der Waals surface area contributed by atoms with E-state index in [0.29, 0.717) is 0 Å². The van der Waals surface area contributed by atoms with Crippen molar-refractivity contribution in [2.45, 2.75) is 12.8 Å². The molecular formula is C41H38N4. The molecular weight excluding hydrogens is 548 g/mol. The van der Waals surface area contributed by atoms with Gasteiger partial charge in [-0.3, -0.25) is 0 Å². The highest BCUT2D eigenvalue weighted by Crippen LogP contribution is 2.36. The number of hydrogen-bond donors (Lipinski definition) is 1. The Morgan fingerprint density at radius 3 is 0.978 bits per heavy atom. The lowest BCUT2D eigenvalue weighted by atomic mass is 9.95. The molecule has 1 N–H and O–H groups in total. The monoisotopic (exact) mass is 586 g/mol. The lowest BCUT2D eigenvalue weighted by Crippen LogP contribution is -2.16. The van der Waals surface area contributed by atoms with Crippen LogP contribution >= 0.6 is 0 Å². The number of nitrogens with one attached hydrogen (secondary N) is 1. The van der Waals surface area contributed by atoms with Gasteiger partial charge in [0, 0.05) is 66.6 Å².